The molecule has 0 saturated carbocycles. The van der Waals surface area contributed by atoms with Crippen LogP contribution in [0.5, 0.6) is 0 Å². The average Bonchev–Trinajstić information content (AvgIpc) is 2.85. The number of morpholine rings is 1. The number of carbonyl (C=O) groups is 3. The van der Waals surface area contributed by atoms with Crippen molar-refractivity contribution in [3.8, 4) is 0 Å². The summed E-state index contributed by atoms with van der Waals surface area (Å²) in [5.74, 6) is -0.199. The summed E-state index contributed by atoms with van der Waals surface area (Å²) in [6.07, 6.45) is 0.218. The van der Waals surface area contributed by atoms with E-state index in [0.717, 1.165) is 32.0 Å². The van der Waals surface area contributed by atoms with E-state index >= 15 is 0 Å². The van der Waals surface area contributed by atoms with Crippen LogP contribution in [-0.2, 0) is 4.74 Å². The first-order valence-corrected chi connectivity index (χ1v) is 11.1. The van der Waals surface area contributed by atoms with Gasteiger partial charge in [-0.05, 0) is 61.4 Å². The molecule has 9 heteroatoms. The largest absolute Gasteiger partial charge is 0.465 e. The van der Waals surface area contributed by atoms with Crippen molar-refractivity contribution >= 4 is 29.3 Å². The van der Waals surface area contributed by atoms with Gasteiger partial charge in [0.2, 0.25) is 0 Å². The van der Waals surface area contributed by atoms with Crippen molar-refractivity contribution < 1.29 is 24.2 Å². The Kier molecular flexibility index (Phi) is 7.09. The van der Waals surface area contributed by atoms with Crippen LogP contribution < -0.4 is 15.5 Å². The zero-order chi connectivity index (χ0) is 23.2. The van der Waals surface area contributed by atoms with Gasteiger partial charge in [0.05, 0.1) is 13.2 Å². The number of anilines is 2. The summed E-state index contributed by atoms with van der Waals surface area (Å²) in [6.45, 7) is 4.25. The normalized spacial score (nSPS) is 16.8. The lowest BCUT2D eigenvalue weighted by atomic mass is 10.0. The molecule has 2 aliphatic rings. The Morgan fingerprint density at radius 2 is 1.45 bits per heavy atom. The van der Waals surface area contributed by atoms with Gasteiger partial charge in [0, 0.05) is 54.7 Å². The molecule has 2 aromatic rings. The smallest absolute Gasteiger partial charge is 0.409 e. The molecule has 174 valence electrons. The van der Waals surface area contributed by atoms with Gasteiger partial charge in [-0.3, -0.25) is 14.9 Å². The maximum Gasteiger partial charge on any atom is 0.409 e. The van der Waals surface area contributed by atoms with Crippen LogP contribution in [0.3, 0.4) is 0 Å². The highest BCUT2D eigenvalue weighted by molar-refractivity contribution is 5.96. The van der Waals surface area contributed by atoms with Crippen molar-refractivity contribution in [2.45, 2.75) is 18.9 Å². The van der Waals surface area contributed by atoms with Gasteiger partial charge in [0.25, 0.3) is 11.8 Å². The van der Waals surface area contributed by atoms with Gasteiger partial charge in [-0.2, -0.15) is 0 Å². The van der Waals surface area contributed by atoms with Crippen molar-refractivity contribution in [1.82, 2.24) is 10.2 Å². The predicted octanol–water partition coefficient (Wildman–Crippen LogP) is 2.65. The molecule has 2 aliphatic heterocycles. The number of hydrogen-bond donors (Lipinski definition) is 3. The molecule has 0 aromatic heterocycles. The van der Waals surface area contributed by atoms with Crippen LogP contribution >= 0.6 is 0 Å². The van der Waals surface area contributed by atoms with Crippen molar-refractivity contribution in [2.24, 2.45) is 0 Å². The van der Waals surface area contributed by atoms with Crippen molar-refractivity contribution in [2.75, 3.05) is 49.6 Å². The number of piperidine rings is 1. The lowest BCUT2D eigenvalue weighted by Crippen LogP contribution is -2.46. The van der Waals surface area contributed by atoms with Crippen LogP contribution in [0, 0.1) is 0 Å². The molecule has 2 heterocycles. The van der Waals surface area contributed by atoms with Crippen LogP contribution in [0.1, 0.15) is 33.6 Å². The standard InChI is InChI=1S/C24H28N4O5/c29-22(17-3-7-21(8-4-17)27-13-15-33-16-14-27)25-20-9-11-28(12-10-20)23(30)18-1-5-19(6-2-18)26-24(31)32/h1-8,20,26H,9-16H2,(H,25,29)(H,31,32). The van der Waals surface area contributed by atoms with E-state index in [0.29, 0.717) is 42.7 Å². The summed E-state index contributed by atoms with van der Waals surface area (Å²) < 4.78 is 5.38. The quantitative estimate of drug-likeness (QED) is 0.643. The maximum absolute atomic E-state index is 12.7. The Hall–Kier alpha value is -3.59. The highest BCUT2D eigenvalue weighted by Crippen LogP contribution is 2.19. The minimum Gasteiger partial charge on any atom is -0.465 e. The lowest BCUT2D eigenvalue weighted by Gasteiger charge is -2.32. The molecule has 0 spiro atoms. The second-order valence-corrected chi connectivity index (χ2v) is 8.19. The van der Waals surface area contributed by atoms with Crippen LogP contribution in [0.15, 0.2) is 48.5 Å². The molecule has 2 aromatic carbocycles. The first-order valence-electron chi connectivity index (χ1n) is 11.1. The molecule has 2 saturated heterocycles. The lowest BCUT2D eigenvalue weighted by molar-refractivity contribution is 0.0698. The average molecular weight is 453 g/mol. The van der Waals surface area contributed by atoms with Crippen LogP contribution in [0.4, 0.5) is 16.2 Å². The van der Waals surface area contributed by atoms with Crippen molar-refractivity contribution in [3.63, 3.8) is 0 Å². The van der Waals surface area contributed by atoms with Gasteiger partial charge in [0.1, 0.15) is 0 Å². The Morgan fingerprint density at radius 1 is 0.848 bits per heavy atom. The molecule has 0 aliphatic carbocycles. The van der Waals surface area contributed by atoms with Gasteiger partial charge in [-0.15, -0.1) is 0 Å². The van der Waals surface area contributed by atoms with Gasteiger partial charge >= 0.3 is 6.09 Å². The Bertz CT molecular complexity index is 979. The van der Waals surface area contributed by atoms with Crippen LogP contribution in [-0.4, -0.2) is 73.3 Å². The molecule has 0 atom stereocenters. The van der Waals surface area contributed by atoms with E-state index in [-0.39, 0.29) is 17.9 Å². The molecule has 33 heavy (non-hydrogen) atoms. The number of nitrogens with one attached hydrogen (secondary N) is 2. The summed E-state index contributed by atoms with van der Waals surface area (Å²) in [7, 11) is 0. The zero-order valence-corrected chi connectivity index (χ0v) is 18.3. The van der Waals surface area contributed by atoms with E-state index in [2.05, 4.69) is 15.5 Å². The molecule has 2 fully saturated rings. The minimum atomic E-state index is -1.15. The second-order valence-electron chi connectivity index (χ2n) is 8.19. The fourth-order valence-corrected chi connectivity index (χ4v) is 4.14. The Balaban J connectivity index is 1.26. The Labute approximate surface area is 192 Å². The fraction of sp³-hybridized carbons (Fsp3) is 0.375. The molecule has 3 amide bonds. The van der Waals surface area contributed by atoms with Gasteiger partial charge < -0.3 is 25.0 Å². The third-order valence-corrected chi connectivity index (χ3v) is 6.01. The van der Waals surface area contributed by atoms with E-state index in [1.807, 2.05) is 24.3 Å². The number of nitrogens with zero attached hydrogens (tertiary/aromatic N) is 2. The van der Waals surface area contributed by atoms with E-state index < -0.39 is 6.09 Å². The molecule has 4 rings (SSSR count). The van der Waals surface area contributed by atoms with Crippen molar-refractivity contribution in [3.05, 3.63) is 59.7 Å². The number of hydrogen-bond acceptors (Lipinski definition) is 5. The summed E-state index contributed by atoms with van der Waals surface area (Å²) in [4.78, 5) is 40.1. The minimum absolute atomic E-state index is 0.0163. The van der Waals surface area contributed by atoms with Gasteiger partial charge in [-0.1, -0.05) is 0 Å². The highest BCUT2D eigenvalue weighted by atomic mass is 16.5. The van der Waals surface area contributed by atoms with E-state index in [4.69, 9.17) is 9.84 Å². The second kappa shape index (κ2) is 10.4. The van der Waals surface area contributed by atoms with Gasteiger partial charge in [-0.25, -0.2) is 4.79 Å². The SMILES string of the molecule is O=C(O)Nc1ccc(C(=O)N2CCC(NC(=O)c3ccc(N4CCOCC4)cc3)CC2)cc1. The van der Waals surface area contributed by atoms with E-state index in [1.165, 1.54) is 0 Å². The molecule has 0 bridgehead atoms. The predicted molar refractivity (Wildman–Crippen MR) is 124 cm³/mol. The van der Waals surface area contributed by atoms with E-state index in [9.17, 15) is 14.4 Å². The number of carbonyl (C=O) groups excluding carboxylic acids is 2. The van der Waals surface area contributed by atoms with Crippen LogP contribution in [0.25, 0.3) is 0 Å². The first kappa shape index (κ1) is 22.6. The Morgan fingerprint density at radius 3 is 2.06 bits per heavy atom. The van der Waals surface area contributed by atoms with Gasteiger partial charge in [0.15, 0.2) is 0 Å². The number of amides is 3. The summed E-state index contributed by atoms with van der Waals surface area (Å²) >= 11 is 0. The number of rotatable bonds is 5. The molecule has 9 nitrogen and oxygen atoms in total. The van der Waals surface area contributed by atoms with Crippen LogP contribution in [0.2, 0.25) is 0 Å². The monoisotopic (exact) mass is 452 g/mol. The number of ether oxygens (including phenoxy) is 1. The molecule has 0 radical (unpaired) electrons. The zero-order valence-electron chi connectivity index (χ0n) is 18.3. The number of benzene rings is 2. The number of carboxylic acid groups (broad SMARTS) is 1. The molecular formula is C24H28N4O5. The maximum atomic E-state index is 12.7. The topological polar surface area (TPSA) is 111 Å². The third kappa shape index (κ3) is 5.81. The summed E-state index contributed by atoms with van der Waals surface area (Å²) in [5.41, 5.74) is 2.64. The summed E-state index contributed by atoms with van der Waals surface area (Å²) in [5, 5.41) is 14.1. The highest BCUT2D eigenvalue weighted by Gasteiger charge is 2.25. The third-order valence-electron chi connectivity index (χ3n) is 6.01. The molecular weight excluding hydrogens is 424 g/mol. The molecule has 3 N–H and O–H groups in total. The van der Waals surface area contributed by atoms with E-state index in [1.54, 1.807) is 29.2 Å². The number of likely N-dealkylation sites (tertiary alicyclic amines) is 1. The fourth-order valence-electron chi connectivity index (χ4n) is 4.14. The molecule has 0 unspecified atom stereocenters. The summed E-state index contributed by atoms with van der Waals surface area (Å²) in [6, 6.07) is 14.0. The first-order chi connectivity index (χ1) is 16.0. The van der Waals surface area contributed by atoms with Crippen molar-refractivity contribution in [1.29, 1.82) is 0 Å².